The molecule has 1 aromatic carbocycles. The molecule has 1 heterocycles. The summed E-state index contributed by atoms with van der Waals surface area (Å²) in [4.78, 5) is 14.0. The molecule has 0 aliphatic carbocycles. The van der Waals surface area contributed by atoms with E-state index in [1.54, 1.807) is 14.0 Å². The lowest BCUT2D eigenvalue weighted by Gasteiger charge is -2.36. The first-order valence-electron chi connectivity index (χ1n) is 8.24. The molecule has 0 N–H and O–H groups in total. The zero-order chi connectivity index (χ0) is 17.4. The maximum Gasteiger partial charge on any atom is 1.00 e. The monoisotopic (exact) mass is 367 g/mol. The summed E-state index contributed by atoms with van der Waals surface area (Å²) in [5, 5.41) is 0. The van der Waals surface area contributed by atoms with Crippen LogP contribution in [0.2, 0.25) is 0 Å². The molecule has 0 amide bonds. The first-order chi connectivity index (χ1) is 11.6. The van der Waals surface area contributed by atoms with Crippen LogP contribution in [0.3, 0.4) is 0 Å². The minimum absolute atomic E-state index is 0. The summed E-state index contributed by atoms with van der Waals surface area (Å²) in [6.07, 6.45) is 1.82. The van der Waals surface area contributed by atoms with Gasteiger partial charge in [0.05, 0.1) is 7.11 Å². The summed E-state index contributed by atoms with van der Waals surface area (Å²) >= 11 is 0. The van der Waals surface area contributed by atoms with Gasteiger partial charge in [-0.15, -0.1) is 0 Å². The van der Waals surface area contributed by atoms with Crippen LogP contribution >= 0.6 is 0 Å². The van der Waals surface area contributed by atoms with Gasteiger partial charge < -0.3 is 31.5 Å². The lowest BCUT2D eigenvalue weighted by molar-refractivity contribution is -0.157. The van der Waals surface area contributed by atoms with Crippen molar-refractivity contribution in [1.29, 1.82) is 0 Å². The number of piperidine rings is 1. The van der Waals surface area contributed by atoms with Gasteiger partial charge in [-0.05, 0) is 31.3 Å². The van der Waals surface area contributed by atoms with Gasteiger partial charge in [-0.2, -0.15) is 0 Å². The second kappa shape index (κ2) is 10.2. The maximum absolute atomic E-state index is 11.7. The molecule has 138 valence electrons. The number of nitrogens with zero attached hydrogens (tertiary/aromatic N) is 1. The molecule has 2 rings (SSSR count). The molecule has 25 heavy (non-hydrogen) atoms. The topological polar surface area (TPSA) is 48.0 Å². The van der Waals surface area contributed by atoms with E-state index < -0.39 is 5.60 Å². The van der Waals surface area contributed by atoms with Gasteiger partial charge >= 0.3 is 7.40 Å². The average molecular weight is 368 g/mol. The Hall–Kier alpha value is -1.90. The fourth-order valence-electron chi connectivity index (χ4n) is 2.51. The smallest absolute Gasteiger partial charge is 1.00 e. The number of carbonyl (C=O) groups excluding carboxylic acids is 1. The molecule has 0 spiro atoms. The van der Waals surface area contributed by atoms with E-state index >= 15 is 0 Å². The van der Waals surface area contributed by atoms with Crippen molar-refractivity contribution in [3.8, 4) is 23.3 Å². The van der Waals surface area contributed by atoms with Gasteiger partial charge in [-0.3, -0.25) is 4.79 Å². The second-order valence-corrected chi connectivity index (χ2v) is 5.89. The molecule has 0 aromatic heterocycles. The van der Waals surface area contributed by atoms with E-state index in [-0.39, 0.29) is 26.4 Å². The SMILES string of the molecule is CCC(=O)OC1(C#CCOc2ccc(OC)cc2)CCN(C)CC1.[Cl-].[H+]. The summed E-state index contributed by atoms with van der Waals surface area (Å²) in [5.74, 6) is 7.47. The molecule has 5 nitrogen and oxygen atoms in total. The third-order valence-corrected chi connectivity index (χ3v) is 4.08. The second-order valence-electron chi connectivity index (χ2n) is 5.89. The largest absolute Gasteiger partial charge is 1.00 e. The van der Waals surface area contributed by atoms with Crippen molar-refractivity contribution in [3.05, 3.63) is 24.3 Å². The Morgan fingerprint density at radius 3 is 2.40 bits per heavy atom. The molecule has 1 fully saturated rings. The van der Waals surface area contributed by atoms with Crippen molar-refractivity contribution in [2.75, 3.05) is 33.9 Å². The van der Waals surface area contributed by atoms with Crippen molar-refractivity contribution < 1.29 is 32.8 Å². The van der Waals surface area contributed by atoms with Gasteiger partial charge in [0.25, 0.3) is 0 Å². The summed E-state index contributed by atoms with van der Waals surface area (Å²) in [6.45, 7) is 3.79. The Balaban J connectivity index is 0.00000312. The number of hydrogen-bond donors (Lipinski definition) is 0. The van der Waals surface area contributed by atoms with E-state index in [9.17, 15) is 4.79 Å². The zero-order valence-electron chi connectivity index (χ0n) is 16.0. The highest BCUT2D eigenvalue weighted by Gasteiger charge is 2.35. The van der Waals surface area contributed by atoms with Crippen molar-refractivity contribution in [3.63, 3.8) is 0 Å². The quantitative estimate of drug-likeness (QED) is 0.524. The molecule has 0 atom stereocenters. The van der Waals surface area contributed by atoms with Crippen LogP contribution in [0.25, 0.3) is 0 Å². The molecule has 1 saturated heterocycles. The van der Waals surface area contributed by atoms with Crippen molar-refractivity contribution in [2.24, 2.45) is 0 Å². The minimum atomic E-state index is -0.678. The fourth-order valence-corrected chi connectivity index (χ4v) is 2.51. The fraction of sp³-hybridized carbons (Fsp3) is 0.526. The van der Waals surface area contributed by atoms with E-state index in [0.29, 0.717) is 6.42 Å². The molecule has 0 saturated carbocycles. The summed E-state index contributed by atoms with van der Waals surface area (Å²) in [6, 6.07) is 7.35. The Morgan fingerprint density at radius 1 is 1.24 bits per heavy atom. The first kappa shape index (κ1) is 21.1. The van der Waals surface area contributed by atoms with Crippen LogP contribution in [-0.2, 0) is 9.53 Å². The lowest BCUT2D eigenvalue weighted by atomic mass is 9.92. The zero-order valence-corrected chi connectivity index (χ0v) is 15.8. The number of esters is 1. The van der Waals surface area contributed by atoms with E-state index in [1.807, 2.05) is 24.3 Å². The number of hydrogen-bond acceptors (Lipinski definition) is 5. The molecule has 0 unspecified atom stereocenters. The van der Waals surface area contributed by atoms with Gasteiger partial charge in [-0.25, -0.2) is 0 Å². The predicted molar refractivity (Wildman–Crippen MR) is 93.2 cm³/mol. The van der Waals surface area contributed by atoms with E-state index in [1.165, 1.54) is 0 Å². The third-order valence-electron chi connectivity index (χ3n) is 4.08. The van der Waals surface area contributed by atoms with E-state index in [4.69, 9.17) is 14.2 Å². The van der Waals surface area contributed by atoms with E-state index in [0.717, 1.165) is 37.4 Å². The summed E-state index contributed by atoms with van der Waals surface area (Å²) in [7, 11) is 3.69. The third kappa shape index (κ3) is 6.49. The van der Waals surface area contributed by atoms with Crippen LogP contribution in [-0.4, -0.2) is 50.3 Å². The maximum atomic E-state index is 11.7. The average Bonchev–Trinajstić information content (AvgIpc) is 2.62. The summed E-state index contributed by atoms with van der Waals surface area (Å²) < 4.78 is 16.4. The van der Waals surface area contributed by atoms with Crippen LogP contribution < -0.4 is 21.9 Å². The highest BCUT2D eigenvalue weighted by molar-refractivity contribution is 5.70. The highest BCUT2D eigenvalue weighted by Crippen LogP contribution is 2.26. The number of methoxy groups -OCH3 is 1. The Morgan fingerprint density at radius 2 is 1.84 bits per heavy atom. The highest BCUT2D eigenvalue weighted by atomic mass is 35.5. The Bertz CT molecular complexity index is 604. The number of benzene rings is 1. The van der Waals surface area contributed by atoms with E-state index in [2.05, 4.69) is 23.8 Å². The molecule has 6 heteroatoms. The lowest BCUT2D eigenvalue weighted by Crippen LogP contribution is -3.00. The minimum Gasteiger partial charge on any atom is -1.00 e. The Labute approximate surface area is 157 Å². The van der Waals surface area contributed by atoms with Crippen molar-refractivity contribution >= 4 is 5.97 Å². The van der Waals surface area contributed by atoms with Crippen LogP contribution in [0, 0.1) is 11.8 Å². The standard InChI is InChI=1S/C19H25NO4.ClH/c1-4-18(21)24-19(11-13-20(2)14-12-19)10-5-15-23-17-8-6-16(22-3)7-9-17;/h6-9H,4,11-15H2,1-3H3;1H. The van der Waals surface area contributed by atoms with Crippen LogP contribution in [0.5, 0.6) is 11.5 Å². The molecular formula is C19H26ClNO4. The molecule has 0 radical (unpaired) electrons. The molecular weight excluding hydrogens is 342 g/mol. The van der Waals surface area contributed by atoms with Gasteiger partial charge in [0.15, 0.2) is 5.60 Å². The number of rotatable bonds is 5. The molecule has 1 aromatic rings. The normalized spacial score (nSPS) is 16.0. The first-order valence-corrected chi connectivity index (χ1v) is 8.24. The van der Waals surface area contributed by atoms with Crippen LogP contribution in [0.1, 0.15) is 27.6 Å². The van der Waals surface area contributed by atoms with Gasteiger partial charge in [0.2, 0.25) is 0 Å². The molecule has 1 aliphatic rings. The van der Waals surface area contributed by atoms with Crippen molar-refractivity contribution in [2.45, 2.75) is 31.8 Å². The van der Waals surface area contributed by atoms with Gasteiger partial charge in [0.1, 0.15) is 18.1 Å². The number of halogens is 1. The number of ether oxygens (including phenoxy) is 3. The predicted octanol–water partition coefficient (Wildman–Crippen LogP) is -0.388. The van der Waals surface area contributed by atoms with Gasteiger partial charge in [0, 0.05) is 32.4 Å². The number of likely N-dealkylation sites (tertiary alicyclic amines) is 1. The molecule has 1 aliphatic heterocycles. The Kier molecular flexibility index (Phi) is 8.60. The van der Waals surface area contributed by atoms with Crippen LogP contribution in [0.4, 0.5) is 0 Å². The van der Waals surface area contributed by atoms with Gasteiger partial charge in [-0.1, -0.05) is 18.8 Å². The molecule has 0 bridgehead atoms. The summed E-state index contributed by atoms with van der Waals surface area (Å²) in [5.41, 5.74) is -0.678. The van der Waals surface area contributed by atoms with Crippen LogP contribution in [0.15, 0.2) is 24.3 Å². The van der Waals surface area contributed by atoms with Crippen molar-refractivity contribution in [1.82, 2.24) is 4.90 Å². The number of carbonyl (C=O) groups is 1.